The maximum absolute atomic E-state index is 4.44. The van der Waals surface area contributed by atoms with Crippen LogP contribution in [0.2, 0.25) is 0 Å². The molecule has 0 amide bonds. The maximum atomic E-state index is 4.44. The Labute approximate surface area is 130 Å². The molecule has 1 N–H and O–H groups in total. The van der Waals surface area contributed by atoms with Gasteiger partial charge in [0.15, 0.2) is 0 Å². The van der Waals surface area contributed by atoms with Crippen LogP contribution in [0.5, 0.6) is 0 Å². The van der Waals surface area contributed by atoms with Crippen LogP contribution in [0.15, 0.2) is 55.4 Å². The second kappa shape index (κ2) is 6.58. The molecule has 0 aliphatic carbocycles. The van der Waals surface area contributed by atoms with Gasteiger partial charge in [0.05, 0.1) is 12.4 Å². The number of benzene rings is 1. The zero-order valence-corrected chi connectivity index (χ0v) is 13.0. The first-order valence-electron chi connectivity index (χ1n) is 7.56. The van der Waals surface area contributed by atoms with Gasteiger partial charge in [-0.3, -0.25) is 0 Å². The highest BCUT2D eigenvalue weighted by Crippen LogP contribution is 2.15. The molecule has 1 aromatic carbocycles. The number of hydrogen-bond acceptors (Lipinski definition) is 3. The van der Waals surface area contributed by atoms with Crippen molar-refractivity contribution in [1.82, 2.24) is 24.4 Å². The van der Waals surface area contributed by atoms with Crippen molar-refractivity contribution in [3.05, 3.63) is 66.8 Å². The van der Waals surface area contributed by atoms with E-state index in [9.17, 15) is 0 Å². The number of aryl methyl sites for hydroxylation is 1. The largest absolute Gasteiger partial charge is 0.337 e. The first kappa shape index (κ1) is 14.5. The second-order valence-electron chi connectivity index (χ2n) is 5.37. The molecule has 0 radical (unpaired) electrons. The van der Waals surface area contributed by atoms with E-state index in [1.165, 1.54) is 5.56 Å². The van der Waals surface area contributed by atoms with Gasteiger partial charge in [-0.05, 0) is 24.1 Å². The quantitative estimate of drug-likeness (QED) is 0.760. The predicted octanol–water partition coefficient (Wildman–Crippen LogP) is 2.85. The Morgan fingerprint density at radius 3 is 2.55 bits per heavy atom. The zero-order chi connectivity index (χ0) is 15.4. The number of aromatic nitrogens is 4. The van der Waals surface area contributed by atoms with Crippen LogP contribution < -0.4 is 5.32 Å². The average molecular weight is 295 g/mol. The van der Waals surface area contributed by atoms with Crippen molar-refractivity contribution in [3.8, 4) is 5.69 Å². The van der Waals surface area contributed by atoms with E-state index in [1.807, 2.05) is 30.2 Å². The highest BCUT2D eigenvalue weighted by Gasteiger charge is 2.12. The molecule has 0 fully saturated rings. The first-order chi connectivity index (χ1) is 10.8. The van der Waals surface area contributed by atoms with E-state index in [2.05, 4.69) is 51.0 Å². The second-order valence-corrected chi connectivity index (χ2v) is 5.37. The van der Waals surface area contributed by atoms with Crippen molar-refractivity contribution in [1.29, 1.82) is 0 Å². The molecule has 0 spiro atoms. The number of hydrogen-bond donors (Lipinski definition) is 1. The summed E-state index contributed by atoms with van der Waals surface area (Å²) in [5, 5.41) is 3.58. The molecule has 5 heteroatoms. The average Bonchev–Trinajstić information content (AvgIpc) is 3.21. The minimum atomic E-state index is 0.272. The van der Waals surface area contributed by atoms with Gasteiger partial charge in [-0.25, -0.2) is 9.97 Å². The molecule has 2 heterocycles. The van der Waals surface area contributed by atoms with Crippen molar-refractivity contribution in [2.45, 2.75) is 25.9 Å². The molecule has 0 aliphatic rings. The lowest BCUT2D eigenvalue weighted by atomic mass is 10.1. The highest BCUT2D eigenvalue weighted by molar-refractivity contribution is 5.34. The van der Waals surface area contributed by atoms with Crippen LogP contribution in [0, 0.1) is 0 Å². The van der Waals surface area contributed by atoms with E-state index in [0.29, 0.717) is 0 Å². The van der Waals surface area contributed by atoms with Crippen LogP contribution in [-0.2, 0) is 13.6 Å². The Morgan fingerprint density at radius 1 is 1.14 bits per heavy atom. The molecule has 3 aromatic rings. The molecule has 1 unspecified atom stereocenters. The lowest BCUT2D eigenvalue weighted by molar-refractivity contribution is 0.481. The standard InChI is InChI=1S/C17H21N5/c1-3-16(17-19-9-10-21(17)2)20-12-14-4-6-15(7-5-14)22-11-8-18-13-22/h4-11,13,16,20H,3,12H2,1-2H3. The maximum Gasteiger partial charge on any atom is 0.125 e. The third-order valence-electron chi connectivity index (χ3n) is 3.87. The number of nitrogens with one attached hydrogen (secondary N) is 1. The molecule has 3 rings (SSSR count). The van der Waals surface area contributed by atoms with E-state index in [-0.39, 0.29) is 6.04 Å². The minimum Gasteiger partial charge on any atom is -0.337 e. The van der Waals surface area contributed by atoms with E-state index >= 15 is 0 Å². The molecule has 5 nitrogen and oxygen atoms in total. The minimum absolute atomic E-state index is 0.272. The van der Waals surface area contributed by atoms with Crippen molar-refractivity contribution in [3.63, 3.8) is 0 Å². The van der Waals surface area contributed by atoms with Gasteiger partial charge in [0.2, 0.25) is 0 Å². The van der Waals surface area contributed by atoms with Crippen molar-refractivity contribution >= 4 is 0 Å². The van der Waals surface area contributed by atoms with Crippen LogP contribution in [0.3, 0.4) is 0 Å². The number of nitrogens with zero attached hydrogens (tertiary/aromatic N) is 4. The van der Waals surface area contributed by atoms with Gasteiger partial charge in [-0.1, -0.05) is 19.1 Å². The summed E-state index contributed by atoms with van der Waals surface area (Å²) in [6, 6.07) is 8.79. The molecule has 0 saturated carbocycles. The molecule has 22 heavy (non-hydrogen) atoms. The molecule has 114 valence electrons. The highest BCUT2D eigenvalue weighted by atomic mass is 15.1. The third kappa shape index (κ3) is 3.09. The van der Waals surface area contributed by atoms with E-state index in [0.717, 1.165) is 24.5 Å². The lowest BCUT2D eigenvalue weighted by Crippen LogP contribution is -2.23. The Hall–Kier alpha value is -2.40. The van der Waals surface area contributed by atoms with Crippen molar-refractivity contribution < 1.29 is 0 Å². The fraction of sp³-hybridized carbons (Fsp3) is 0.294. The van der Waals surface area contributed by atoms with Gasteiger partial charge in [-0.15, -0.1) is 0 Å². The molecular formula is C17H21N5. The van der Waals surface area contributed by atoms with Crippen LogP contribution in [-0.4, -0.2) is 19.1 Å². The molecule has 1 atom stereocenters. The monoisotopic (exact) mass is 295 g/mol. The normalized spacial score (nSPS) is 12.5. The van der Waals surface area contributed by atoms with Crippen molar-refractivity contribution in [2.24, 2.45) is 7.05 Å². The molecule has 2 aromatic heterocycles. The van der Waals surface area contributed by atoms with Gasteiger partial charge in [-0.2, -0.15) is 0 Å². The molecular weight excluding hydrogens is 274 g/mol. The predicted molar refractivity (Wildman–Crippen MR) is 86.6 cm³/mol. The van der Waals surface area contributed by atoms with Crippen LogP contribution in [0.4, 0.5) is 0 Å². The summed E-state index contributed by atoms with van der Waals surface area (Å²) in [7, 11) is 2.03. The van der Waals surface area contributed by atoms with E-state index in [4.69, 9.17) is 0 Å². The van der Waals surface area contributed by atoms with Gasteiger partial charge in [0.25, 0.3) is 0 Å². The molecule has 0 saturated heterocycles. The summed E-state index contributed by atoms with van der Waals surface area (Å²) in [6.07, 6.45) is 10.4. The zero-order valence-electron chi connectivity index (χ0n) is 13.0. The van der Waals surface area contributed by atoms with Gasteiger partial charge < -0.3 is 14.5 Å². The number of imidazole rings is 2. The summed E-state index contributed by atoms with van der Waals surface area (Å²) >= 11 is 0. The smallest absolute Gasteiger partial charge is 0.125 e. The number of rotatable bonds is 6. The first-order valence-corrected chi connectivity index (χ1v) is 7.56. The Balaban J connectivity index is 1.65. The van der Waals surface area contributed by atoms with E-state index in [1.54, 1.807) is 12.5 Å². The van der Waals surface area contributed by atoms with Gasteiger partial charge >= 0.3 is 0 Å². The summed E-state index contributed by atoms with van der Waals surface area (Å²) in [4.78, 5) is 8.51. The Morgan fingerprint density at radius 2 is 1.95 bits per heavy atom. The Kier molecular flexibility index (Phi) is 4.34. The fourth-order valence-electron chi connectivity index (χ4n) is 2.57. The topological polar surface area (TPSA) is 47.7 Å². The van der Waals surface area contributed by atoms with Gasteiger partial charge in [0, 0.05) is 44.1 Å². The fourth-order valence-corrected chi connectivity index (χ4v) is 2.57. The van der Waals surface area contributed by atoms with Crippen LogP contribution in [0.25, 0.3) is 5.69 Å². The third-order valence-corrected chi connectivity index (χ3v) is 3.87. The molecule has 0 bridgehead atoms. The Bertz CT molecular complexity index is 697. The van der Waals surface area contributed by atoms with E-state index < -0.39 is 0 Å². The van der Waals surface area contributed by atoms with Crippen LogP contribution >= 0.6 is 0 Å². The SMILES string of the molecule is CCC(NCc1ccc(-n2ccnc2)cc1)c1nccn1C. The summed E-state index contributed by atoms with van der Waals surface area (Å²) in [5.41, 5.74) is 2.38. The van der Waals surface area contributed by atoms with Crippen LogP contribution in [0.1, 0.15) is 30.8 Å². The summed E-state index contributed by atoms with van der Waals surface area (Å²) in [6.45, 7) is 3.00. The van der Waals surface area contributed by atoms with Gasteiger partial charge in [0.1, 0.15) is 5.82 Å². The summed E-state index contributed by atoms with van der Waals surface area (Å²) < 4.78 is 4.07. The van der Waals surface area contributed by atoms with Crippen molar-refractivity contribution in [2.75, 3.05) is 0 Å². The lowest BCUT2D eigenvalue weighted by Gasteiger charge is -2.17. The summed E-state index contributed by atoms with van der Waals surface area (Å²) in [5.74, 6) is 1.08. The molecule has 0 aliphatic heterocycles.